The quantitative estimate of drug-likeness (QED) is 0.416. The third-order valence-electron chi connectivity index (χ3n) is 6.21. The molecule has 1 aliphatic rings. The highest BCUT2D eigenvalue weighted by atomic mass is 127. The SMILES string of the molecule is Cc1ccc(C(=O)Nc2ccc(CN3CCN(C(=O)O)C(C(C)(C)C)C3)c(C(F)(F)F)c2)cc1I. The summed E-state index contributed by atoms with van der Waals surface area (Å²) in [5, 5.41) is 12.1. The van der Waals surface area contributed by atoms with Crippen LogP contribution in [0.5, 0.6) is 0 Å². The summed E-state index contributed by atoms with van der Waals surface area (Å²) in [5.41, 5.74) is 0.320. The summed E-state index contributed by atoms with van der Waals surface area (Å²) in [5.74, 6) is -0.485. The molecule has 1 heterocycles. The average Bonchev–Trinajstić information content (AvgIpc) is 2.75. The van der Waals surface area contributed by atoms with Crippen LogP contribution in [0.25, 0.3) is 0 Å². The van der Waals surface area contributed by atoms with Gasteiger partial charge in [0.15, 0.2) is 0 Å². The molecule has 2 amide bonds. The van der Waals surface area contributed by atoms with Crippen molar-refractivity contribution in [3.05, 3.63) is 62.2 Å². The average molecular weight is 603 g/mol. The van der Waals surface area contributed by atoms with E-state index in [1.807, 2.05) is 32.6 Å². The van der Waals surface area contributed by atoms with Crippen molar-refractivity contribution >= 4 is 40.3 Å². The number of aryl methyl sites for hydroxylation is 1. The molecular formula is C25H29F3IN3O3. The van der Waals surface area contributed by atoms with E-state index in [2.05, 4.69) is 27.9 Å². The van der Waals surface area contributed by atoms with E-state index >= 15 is 0 Å². The lowest BCUT2D eigenvalue weighted by Gasteiger charge is -2.46. The van der Waals surface area contributed by atoms with E-state index in [0.29, 0.717) is 18.7 Å². The first-order valence-electron chi connectivity index (χ1n) is 11.2. The maximum atomic E-state index is 14.0. The van der Waals surface area contributed by atoms with Crippen LogP contribution in [-0.4, -0.2) is 52.6 Å². The first kappa shape index (κ1) is 27.3. The fourth-order valence-corrected chi connectivity index (χ4v) is 4.70. The second kappa shape index (κ2) is 10.3. The number of halogens is 4. The molecule has 0 aromatic heterocycles. The Morgan fingerprint density at radius 2 is 1.80 bits per heavy atom. The molecule has 10 heteroatoms. The maximum Gasteiger partial charge on any atom is 0.416 e. The van der Waals surface area contributed by atoms with Crippen LogP contribution in [0, 0.1) is 15.9 Å². The van der Waals surface area contributed by atoms with Crippen molar-refractivity contribution in [3.8, 4) is 0 Å². The van der Waals surface area contributed by atoms with Gasteiger partial charge in [-0.25, -0.2) is 4.79 Å². The summed E-state index contributed by atoms with van der Waals surface area (Å²) < 4.78 is 42.8. The van der Waals surface area contributed by atoms with Gasteiger partial charge in [-0.2, -0.15) is 13.2 Å². The Morgan fingerprint density at radius 3 is 2.37 bits per heavy atom. The Hall–Kier alpha value is -2.34. The van der Waals surface area contributed by atoms with Gasteiger partial charge in [0.1, 0.15) is 0 Å². The monoisotopic (exact) mass is 603 g/mol. The summed E-state index contributed by atoms with van der Waals surface area (Å²) in [6, 6.07) is 8.57. The number of carbonyl (C=O) groups is 2. The maximum absolute atomic E-state index is 14.0. The van der Waals surface area contributed by atoms with Crippen LogP contribution in [0.15, 0.2) is 36.4 Å². The van der Waals surface area contributed by atoms with E-state index in [1.54, 1.807) is 18.2 Å². The number of piperazine rings is 1. The predicted molar refractivity (Wildman–Crippen MR) is 137 cm³/mol. The lowest BCUT2D eigenvalue weighted by Crippen LogP contribution is -2.59. The molecule has 2 N–H and O–H groups in total. The van der Waals surface area contributed by atoms with E-state index < -0.39 is 23.7 Å². The highest BCUT2D eigenvalue weighted by molar-refractivity contribution is 14.1. The summed E-state index contributed by atoms with van der Waals surface area (Å²) in [7, 11) is 0. The molecule has 6 nitrogen and oxygen atoms in total. The van der Waals surface area contributed by atoms with Gasteiger partial charge >= 0.3 is 12.3 Å². The Labute approximate surface area is 216 Å². The number of amides is 2. The highest BCUT2D eigenvalue weighted by Crippen LogP contribution is 2.35. The Balaban J connectivity index is 1.82. The Morgan fingerprint density at radius 1 is 1.11 bits per heavy atom. The third kappa shape index (κ3) is 6.66. The van der Waals surface area contributed by atoms with Crippen LogP contribution in [0.4, 0.5) is 23.7 Å². The predicted octanol–water partition coefficient (Wildman–Crippen LogP) is 6.08. The molecule has 35 heavy (non-hydrogen) atoms. The van der Waals surface area contributed by atoms with Gasteiger partial charge in [0.25, 0.3) is 5.91 Å². The lowest BCUT2D eigenvalue weighted by molar-refractivity contribution is -0.138. The summed E-state index contributed by atoms with van der Waals surface area (Å²) in [6.07, 6.45) is -5.63. The van der Waals surface area contributed by atoms with Crippen molar-refractivity contribution in [1.82, 2.24) is 9.80 Å². The van der Waals surface area contributed by atoms with Gasteiger partial charge in [-0.3, -0.25) is 9.69 Å². The standard InChI is InChI=1S/C25H29F3IN3O3/c1-15-5-6-16(11-20(15)29)22(33)30-18-8-7-17(19(12-18)25(26,27)28)13-31-9-10-32(23(34)35)21(14-31)24(2,3)4/h5-8,11-12,21H,9-10,13-14H2,1-4H3,(H,30,33)(H,34,35). The van der Waals surface area contributed by atoms with Gasteiger partial charge in [-0.15, -0.1) is 0 Å². The zero-order chi connectivity index (χ0) is 26.1. The normalized spacial score (nSPS) is 17.4. The van der Waals surface area contributed by atoms with E-state index in [9.17, 15) is 27.9 Å². The number of nitrogens with zero attached hydrogens (tertiary/aromatic N) is 2. The molecule has 0 bridgehead atoms. The molecule has 0 saturated carbocycles. The molecule has 190 valence electrons. The highest BCUT2D eigenvalue weighted by Gasteiger charge is 2.39. The molecule has 1 atom stereocenters. The van der Waals surface area contributed by atoms with Gasteiger partial charge in [0, 0.05) is 41.0 Å². The number of alkyl halides is 3. The molecule has 0 radical (unpaired) electrons. The number of nitrogens with one attached hydrogen (secondary N) is 1. The molecule has 0 spiro atoms. The van der Waals surface area contributed by atoms with Crippen LogP contribution in [0.1, 0.15) is 47.8 Å². The molecule has 1 saturated heterocycles. The molecule has 3 rings (SSSR count). The number of hydrogen-bond acceptors (Lipinski definition) is 3. The first-order valence-corrected chi connectivity index (χ1v) is 12.2. The molecule has 2 aromatic carbocycles. The number of carboxylic acid groups (broad SMARTS) is 1. The van der Waals surface area contributed by atoms with Gasteiger partial charge < -0.3 is 15.3 Å². The Kier molecular flexibility index (Phi) is 8.05. The topological polar surface area (TPSA) is 72.9 Å². The van der Waals surface area contributed by atoms with Crippen LogP contribution in [-0.2, 0) is 12.7 Å². The molecule has 2 aromatic rings. The van der Waals surface area contributed by atoms with Crippen LogP contribution in [0.3, 0.4) is 0 Å². The zero-order valence-corrected chi connectivity index (χ0v) is 22.2. The van der Waals surface area contributed by atoms with Crippen molar-refractivity contribution in [1.29, 1.82) is 0 Å². The van der Waals surface area contributed by atoms with Gasteiger partial charge in [-0.05, 0) is 70.3 Å². The van der Waals surface area contributed by atoms with Gasteiger partial charge in [0.05, 0.1) is 11.6 Å². The number of benzene rings is 2. The van der Waals surface area contributed by atoms with E-state index in [1.165, 1.54) is 17.0 Å². The third-order valence-corrected chi connectivity index (χ3v) is 7.37. The van der Waals surface area contributed by atoms with E-state index in [-0.39, 0.29) is 35.8 Å². The van der Waals surface area contributed by atoms with E-state index in [0.717, 1.165) is 15.2 Å². The van der Waals surface area contributed by atoms with Gasteiger partial charge in [0.2, 0.25) is 0 Å². The number of carbonyl (C=O) groups excluding carboxylic acids is 1. The van der Waals surface area contributed by atoms with Crippen molar-refractivity contribution in [2.45, 2.75) is 46.5 Å². The summed E-state index contributed by atoms with van der Waals surface area (Å²) in [6.45, 7) is 8.59. The second-order valence-electron chi connectivity index (χ2n) is 9.88. The van der Waals surface area contributed by atoms with Crippen molar-refractivity contribution in [2.75, 3.05) is 25.0 Å². The van der Waals surface area contributed by atoms with Crippen LogP contribution in [0.2, 0.25) is 0 Å². The fraction of sp³-hybridized carbons (Fsp3) is 0.440. The molecule has 0 aliphatic carbocycles. The molecular weight excluding hydrogens is 574 g/mol. The zero-order valence-electron chi connectivity index (χ0n) is 20.0. The summed E-state index contributed by atoms with van der Waals surface area (Å²) in [4.78, 5) is 27.5. The van der Waals surface area contributed by atoms with E-state index in [4.69, 9.17) is 0 Å². The largest absolute Gasteiger partial charge is 0.465 e. The minimum absolute atomic E-state index is 0.0270. The second-order valence-corrected chi connectivity index (χ2v) is 11.0. The van der Waals surface area contributed by atoms with Crippen molar-refractivity contribution in [3.63, 3.8) is 0 Å². The van der Waals surface area contributed by atoms with Crippen molar-refractivity contribution in [2.24, 2.45) is 5.41 Å². The number of rotatable bonds is 4. The van der Waals surface area contributed by atoms with Crippen LogP contribution >= 0.6 is 22.6 Å². The summed E-state index contributed by atoms with van der Waals surface area (Å²) >= 11 is 2.10. The molecule has 1 aliphatic heterocycles. The van der Waals surface area contributed by atoms with Crippen molar-refractivity contribution < 1.29 is 27.9 Å². The minimum Gasteiger partial charge on any atom is -0.465 e. The fourth-order valence-electron chi connectivity index (χ4n) is 4.19. The first-order chi connectivity index (χ1) is 16.2. The minimum atomic E-state index is -4.61. The molecule has 1 fully saturated rings. The molecule has 1 unspecified atom stereocenters. The van der Waals surface area contributed by atoms with Gasteiger partial charge in [-0.1, -0.05) is 32.9 Å². The number of hydrogen-bond donors (Lipinski definition) is 2. The Bertz CT molecular complexity index is 1120. The van der Waals surface area contributed by atoms with Crippen LogP contribution < -0.4 is 5.32 Å². The smallest absolute Gasteiger partial charge is 0.416 e. The lowest BCUT2D eigenvalue weighted by atomic mass is 9.84. The number of anilines is 1.